The van der Waals surface area contributed by atoms with E-state index in [2.05, 4.69) is 18.2 Å². The lowest BCUT2D eigenvalue weighted by molar-refractivity contribution is 0.0595. The molecule has 0 spiro atoms. The summed E-state index contributed by atoms with van der Waals surface area (Å²) in [5, 5.41) is 0. The summed E-state index contributed by atoms with van der Waals surface area (Å²) in [6.45, 7) is 8.51. The van der Waals surface area contributed by atoms with Crippen LogP contribution in [0.25, 0.3) is 0 Å². The zero-order valence-electron chi connectivity index (χ0n) is 19.6. The molecule has 0 saturated heterocycles. The van der Waals surface area contributed by atoms with Gasteiger partial charge in [0, 0.05) is 5.56 Å². The Labute approximate surface area is 186 Å². The highest BCUT2D eigenvalue weighted by atomic mass is 16.5. The van der Waals surface area contributed by atoms with Crippen molar-refractivity contribution in [2.75, 3.05) is 20.8 Å². The third-order valence-corrected chi connectivity index (χ3v) is 4.99. The smallest absolute Gasteiger partial charge is 0.341 e. The molecular weight excluding hydrogens is 388 g/mol. The number of hydrogen-bond donors (Lipinski definition) is 0. The minimum Gasteiger partial charge on any atom is -0.496 e. The van der Waals surface area contributed by atoms with Crippen molar-refractivity contribution in [2.45, 2.75) is 47.0 Å². The van der Waals surface area contributed by atoms with Gasteiger partial charge in [0.25, 0.3) is 0 Å². The van der Waals surface area contributed by atoms with E-state index in [9.17, 15) is 4.79 Å². The van der Waals surface area contributed by atoms with E-state index in [4.69, 9.17) is 14.2 Å². The Morgan fingerprint density at radius 3 is 2.19 bits per heavy atom. The van der Waals surface area contributed by atoms with Gasteiger partial charge in [-0.3, -0.25) is 0 Å². The van der Waals surface area contributed by atoms with Crippen molar-refractivity contribution in [3.63, 3.8) is 0 Å². The van der Waals surface area contributed by atoms with E-state index in [1.54, 1.807) is 7.11 Å². The summed E-state index contributed by atoms with van der Waals surface area (Å²) >= 11 is 0. The number of esters is 1. The van der Waals surface area contributed by atoms with Gasteiger partial charge in [-0.2, -0.15) is 0 Å². The molecule has 0 fully saturated rings. The van der Waals surface area contributed by atoms with Crippen molar-refractivity contribution in [3.8, 4) is 11.5 Å². The predicted octanol–water partition coefficient (Wildman–Crippen LogP) is 6.12. The molecule has 31 heavy (non-hydrogen) atoms. The fourth-order valence-corrected chi connectivity index (χ4v) is 3.31. The van der Waals surface area contributed by atoms with E-state index in [1.807, 2.05) is 58.0 Å². The molecule has 2 rings (SSSR count). The van der Waals surface area contributed by atoms with Crippen molar-refractivity contribution < 1.29 is 19.0 Å². The molecule has 2 aromatic carbocycles. The first-order chi connectivity index (χ1) is 14.9. The largest absolute Gasteiger partial charge is 0.496 e. The number of ether oxygens (including phenoxy) is 3. The minimum absolute atomic E-state index is 0.374. The molecular formula is C27H34O4. The third-order valence-electron chi connectivity index (χ3n) is 4.99. The average molecular weight is 423 g/mol. The topological polar surface area (TPSA) is 44.8 Å². The summed E-state index contributed by atoms with van der Waals surface area (Å²) in [4.78, 5) is 12.9. The molecule has 0 unspecified atom stereocenters. The summed E-state index contributed by atoms with van der Waals surface area (Å²) in [5.74, 6) is 0.876. The Morgan fingerprint density at radius 1 is 0.935 bits per heavy atom. The molecule has 0 N–H and O–H groups in total. The van der Waals surface area contributed by atoms with Crippen LogP contribution in [0, 0.1) is 0 Å². The van der Waals surface area contributed by atoms with Crippen LogP contribution in [0.2, 0.25) is 0 Å². The van der Waals surface area contributed by atoms with E-state index in [0.717, 1.165) is 28.9 Å². The van der Waals surface area contributed by atoms with Crippen LogP contribution in [0.5, 0.6) is 11.5 Å². The second kappa shape index (κ2) is 12.0. The lowest BCUT2D eigenvalue weighted by Gasteiger charge is -2.20. The van der Waals surface area contributed by atoms with Gasteiger partial charge in [-0.1, -0.05) is 47.6 Å². The number of aryl methyl sites for hydroxylation is 2. The second-order valence-corrected chi connectivity index (χ2v) is 7.98. The predicted molar refractivity (Wildman–Crippen MR) is 126 cm³/mol. The van der Waals surface area contributed by atoms with Crippen LogP contribution in [0.4, 0.5) is 0 Å². The molecule has 0 aliphatic rings. The highest BCUT2D eigenvalue weighted by Gasteiger charge is 2.25. The Hall–Kier alpha value is -3.01. The van der Waals surface area contributed by atoms with Gasteiger partial charge in [-0.05, 0) is 70.2 Å². The van der Waals surface area contributed by atoms with Crippen LogP contribution in [0.15, 0.2) is 59.7 Å². The first kappa shape index (κ1) is 24.3. The van der Waals surface area contributed by atoms with Crippen molar-refractivity contribution in [2.24, 2.45) is 0 Å². The third kappa shape index (κ3) is 7.02. The highest BCUT2D eigenvalue weighted by molar-refractivity contribution is 5.95. The zero-order chi connectivity index (χ0) is 22.8. The lowest BCUT2D eigenvalue weighted by Crippen LogP contribution is -2.13. The first-order valence-corrected chi connectivity index (χ1v) is 10.6. The minimum atomic E-state index is -0.392. The average Bonchev–Trinajstić information content (AvgIpc) is 2.76. The number of benzene rings is 2. The Kier molecular flexibility index (Phi) is 9.39. The monoisotopic (exact) mass is 422 g/mol. The highest BCUT2D eigenvalue weighted by Crippen LogP contribution is 2.37. The van der Waals surface area contributed by atoms with Crippen molar-refractivity contribution in [3.05, 3.63) is 82.0 Å². The molecule has 2 aromatic rings. The molecule has 4 heteroatoms. The van der Waals surface area contributed by atoms with Gasteiger partial charge < -0.3 is 14.2 Å². The number of carbonyl (C=O) groups excluding carboxylic acids is 1. The molecule has 0 heterocycles. The molecule has 0 saturated carbocycles. The number of carbonyl (C=O) groups is 1. The van der Waals surface area contributed by atoms with Crippen LogP contribution >= 0.6 is 0 Å². The molecule has 0 aromatic heterocycles. The SMILES string of the molecule is COC(=O)c1c(CCc2ccccc2)cc(OC)c(CC=C(C)C)c1OCC=C(C)C. The lowest BCUT2D eigenvalue weighted by atomic mass is 9.94. The fourth-order valence-electron chi connectivity index (χ4n) is 3.31. The Balaban J connectivity index is 2.60. The van der Waals surface area contributed by atoms with Gasteiger partial charge in [-0.15, -0.1) is 0 Å². The number of hydrogen-bond acceptors (Lipinski definition) is 4. The van der Waals surface area contributed by atoms with Crippen molar-refractivity contribution in [1.82, 2.24) is 0 Å². The molecule has 0 amide bonds. The van der Waals surface area contributed by atoms with E-state index < -0.39 is 5.97 Å². The molecule has 0 radical (unpaired) electrons. The van der Waals surface area contributed by atoms with Gasteiger partial charge in [0.1, 0.15) is 23.7 Å². The fraction of sp³-hybridized carbons (Fsp3) is 0.370. The first-order valence-electron chi connectivity index (χ1n) is 10.6. The van der Waals surface area contributed by atoms with Crippen LogP contribution < -0.4 is 9.47 Å². The van der Waals surface area contributed by atoms with E-state index >= 15 is 0 Å². The van der Waals surface area contributed by atoms with Crippen molar-refractivity contribution in [1.29, 1.82) is 0 Å². The number of methoxy groups -OCH3 is 2. The van der Waals surface area contributed by atoms with Crippen LogP contribution in [-0.2, 0) is 24.0 Å². The Bertz CT molecular complexity index is 931. The Morgan fingerprint density at radius 2 is 1.61 bits per heavy atom. The van der Waals surface area contributed by atoms with Crippen LogP contribution in [-0.4, -0.2) is 26.8 Å². The van der Waals surface area contributed by atoms with Crippen LogP contribution in [0.1, 0.15) is 54.7 Å². The molecule has 0 bridgehead atoms. The number of rotatable bonds is 10. The zero-order valence-corrected chi connectivity index (χ0v) is 19.6. The maximum atomic E-state index is 12.9. The molecule has 4 nitrogen and oxygen atoms in total. The molecule has 0 aliphatic carbocycles. The summed E-state index contributed by atoms with van der Waals surface area (Å²) < 4.78 is 17.1. The molecule has 0 aliphatic heterocycles. The van der Waals surface area contributed by atoms with E-state index in [1.165, 1.54) is 18.2 Å². The van der Waals surface area contributed by atoms with Gasteiger partial charge in [0.05, 0.1) is 14.2 Å². The van der Waals surface area contributed by atoms with Gasteiger partial charge in [0.2, 0.25) is 0 Å². The van der Waals surface area contributed by atoms with Gasteiger partial charge >= 0.3 is 5.97 Å². The normalized spacial score (nSPS) is 10.3. The van der Waals surface area contributed by atoms with Gasteiger partial charge in [0.15, 0.2) is 0 Å². The van der Waals surface area contributed by atoms with Crippen LogP contribution in [0.3, 0.4) is 0 Å². The quantitative estimate of drug-likeness (QED) is 0.342. The molecule has 166 valence electrons. The molecule has 0 atom stereocenters. The maximum Gasteiger partial charge on any atom is 0.341 e. The van der Waals surface area contributed by atoms with Gasteiger partial charge in [-0.25, -0.2) is 4.79 Å². The summed E-state index contributed by atoms with van der Waals surface area (Å²) in [5.41, 5.74) is 5.75. The number of allylic oxidation sites excluding steroid dienone is 3. The standard InChI is InChI=1S/C27H34O4/c1-19(2)12-15-23-24(29-5)18-22(14-13-21-10-8-7-9-11-21)25(27(28)30-6)26(23)31-17-16-20(3)4/h7-12,16,18H,13-15,17H2,1-6H3. The van der Waals surface area contributed by atoms with Crippen molar-refractivity contribution >= 4 is 5.97 Å². The summed E-state index contributed by atoms with van der Waals surface area (Å²) in [6.07, 6.45) is 6.19. The van der Waals surface area contributed by atoms with E-state index in [-0.39, 0.29) is 0 Å². The van der Waals surface area contributed by atoms with E-state index in [0.29, 0.717) is 30.8 Å². The second-order valence-electron chi connectivity index (χ2n) is 7.98. The summed E-state index contributed by atoms with van der Waals surface area (Å²) in [6, 6.07) is 12.2. The summed E-state index contributed by atoms with van der Waals surface area (Å²) in [7, 11) is 3.06. The maximum absolute atomic E-state index is 12.9.